The van der Waals surface area contributed by atoms with Gasteiger partial charge in [-0.25, -0.2) is 4.79 Å². The molecule has 19 heavy (non-hydrogen) atoms. The minimum absolute atomic E-state index is 0.144. The third-order valence-corrected chi connectivity index (χ3v) is 3.08. The molecule has 4 heteroatoms. The molecule has 0 radical (unpaired) electrons. The first kappa shape index (κ1) is 15.7. The Morgan fingerprint density at radius 2 is 2.11 bits per heavy atom. The molecule has 0 bridgehead atoms. The van der Waals surface area contributed by atoms with Crippen LogP contribution < -0.4 is 0 Å². The number of hydrogen-bond donors (Lipinski definition) is 0. The Hall–Kier alpha value is -1.32. The molecule has 0 aromatic rings. The van der Waals surface area contributed by atoms with Crippen molar-refractivity contribution in [1.29, 1.82) is 0 Å². The third kappa shape index (κ3) is 5.05. The minimum atomic E-state index is -0.518. The number of carbonyl (C=O) groups is 2. The van der Waals surface area contributed by atoms with Gasteiger partial charge >= 0.3 is 6.09 Å². The van der Waals surface area contributed by atoms with E-state index in [4.69, 9.17) is 4.74 Å². The Morgan fingerprint density at radius 3 is 2.68 bits per heavy atom. The molecule has 0 N–H and O–H groups in total. The fourth-order valence-corrected chi connectivity index (χ4v) is 2.23. The van der Waals surface area contributed by atoms with Crippen molar-refractivity contribution < 1.29 is 14.3 Å². The van der Waals surface area contributed by atoms with E-state index in [9.17, 15) is 9.59 Å². The number of rotatable bonds is 5. The van der Waals surface area contributed by atoms with E-state index in [0.29, 0.717) is 13.0 Å². The molecule has 1 aliphatic heterocycles. The lowest BCUT2D eigenvalue weighted by Crippen LogP contribution is -2.43. The lowest BCUT2D eigenvalue weighted by Gasteiger charge is -2.28. The lowest BCUT2D eigenvalue weighted by molar-refractivity contribution is -0.123. The number of allylic oxidation sites excluding steroid dienone is 1. The Balaban J connectivity index is 2.55. The van der Waals surface area contributed by atoms with E-state index in [1.54, 1.807) is 4.90 Å². The molecule has 4 nitrogen and oxygen atoms in total. The van der Waals surface area contributed by atoms with Crippen LogP contribution in [0.25, 0.3) is 0 Å². The SMILES string of the molecule is C=CCCCC(=O)[C@@H]1CCCN1C(=O)OC(C)(C)C. The predicted molar refractivity (Wildman–Crippen MR) is 75.0 cm³/mol. The van der Waals surface area contributed by atoms with E-state index in [2.05, 4.69) is 6.58 Å². The lowest BCUT2D eigenvalue weighted by atomic mass is 10.0. The smallest absolute Gasteiger partial charge is 0.410 e. The highest BCUT2D eigenvalue weighted by Gasteiger charge is 2.35. The van der Waals surface area contributed by atoms with Gasteiger partial charge < -0.3 is 4.74 Å². The van der Waals surface area contributed by atoms with Gasteiger partial charge in [-0.1, -0.05) is 6.08 Å². The highest BCUT2D eigenvalue weighted by molar-refractivity contribution is 5.88. The van der Waals surface area contributed by atoms with Crippen LogP contribution in [0, 0.1) is 0 Å². The number of Topliss-reactive ketones (excluding diaryl/α,β-unsaturated/α-hetero) is 1. The highest BCUT2D eigenvalue weighted by Crippen LogP contribution is 2.22. The number of unbranched alkanes of at least 4 members (excludes halogenated alkanes) is 1. The fraction of sp³-hybridized carbons (Fsp3) is 0.733. The first-order valence-corrected chi connectivity index (χ1v) is 6.98. The summed E-state index contributed by atoms with van der Waals surface area (Å²) in [6.45, 7) is 9.77. The van der Waals surface area contributed by atoms with Gasteiger partial charge in [0.1, 0.15) is 5.60 Å². The number of ketones is 1. The normalized spacial score (nSPS) is 19.3. The first-order chi connectivity index (χ1) is 8.85. The van der Waals surface area contributed by atoms with Crippen LogP contribution in [0.4, 0.5) is 4.79 Å². The largest absolute Gasteiger partial charge is 0.444 e. The van der Waals surface area contributed by atoms with Gasteiger partial charge in [0.15, 0.2) is 5.78 Å². The molecule has 0 unspecified atom stereocenters. The van der Waals surface area contributed by atoms with Crippen molar-refractivity contribution in [3.05, 3.63) is 12.7 Å². The molecule has 1 amide bonds. The molecule has 1 fully saturated rings. The first-order valence-electron chi connectivity index (χ1n) is 6.98. The van der Waals surface area contributed by atoms with E-state index >= 15 is 0 Å². The van der Waals surface area contributed by atoms with Crippen molar-refractivity contribution in [2.75, 3.05) is 6.54 Å². The van der Waals surface area contributed by atoms with Crippen molar-refractivity contribution in [2.45, 2.75) is 64.5 Å². The second-order valence-corrected chi connectivity index (χ2v) is 5.98. The number of likely N-dealkylation sites (tertiary alicyclic amines) is 1. The molecule has 1 aliphatic rings. The Labute approximate surface area is 115 Å². The van der Waals surface area contributed by atoms with Crippen LogP contribution in [0.3, 0.4) is 0 Å². The van der Waals surface area contributed by atoms with Crippen LogP contribution in [-0.4, -0.2) is 35.0 Å². The van der Waals surface area contributed by atoms with Gasteiger partial charge in [0.05, 0.1) is 6.04 Å². The Kier molecular flexibility index (Phi) is 5.58. The van der Waals surface area contributed by atoms with Crippen molar-refractivity contribution >= 4 is 11.9 Å². The summed E-state index contributed by atoms with van der Waals surface area (Å²) < 4.78 is 5.35. The molecule has 0 aromatic carbocycles. The molecular weight excluding hydrogens is 242 g/mol. The average Bonchev–Trinajstić information content (AvgIpc) is 2.75. The van der Waals surface area contributed by atoms with Gasteiger partial charge in [0, 0.05) is 13.0 Å². The summed E-state index contributed by atoms with van der Waals surface area (Å²) in [5.74, 6) is 0.144. The van der Waals surface area contributed by atoms with Crippen LogP contribution in [0.15, 0.2) is 12.7 Å². The van der Waals surface area contributed by atoms with Crippen molar-refractivity contribution in [2.24, 2.45) is 0 Å². The molecule has 108 valence electrons. The zero-order valence-electron chi connectivity index (χ0n) is 12.3. The summed E-state index contributed by atoms with van der Waals surface area (Å²) in [4.78, 5) is 25.7. The summed E-state index contributed by atoms with van der Waals surface area (Å²) in [6.07, 6.45) is 5.23. The van der Waals surface area contributed by atoms with Gasteiger partial charge in [-0.15, -0.1) is 6.58 Å². The summed E-state index contributed by atoms with van der Waals surface area (Å²) in [7, 11) is 0. The monoisotopic (exact) mass is 267 g/mol. The second kappa shape index (κ2) is 6.73. The predicted octanol–water partition coefficient (Wildman–Crippen LogP) is 3.31. The minimum Gasteiger partial charge on any atom is -0.444 e. The van der Waals surface area contributed by atoms with Gasteiger partial charge in [0.25, 0.3) is 0 Å². The maximum absolute atomic E-state index is 12.1. The topological polar surface area (TPSA) is 46.6 Å². The molecule has 0 aliphatic carbocycles. The maximum atomic E-state index is 12.1. The number of nitrogens with zero attached hydrogens (tertiary/aromatic N) is 1. The Morgan fingerprint density at radius 1 is 1.42 bits per heavy atom. The summed E-state index contributed by atoms with van der Waals surface area (Å²) in [5, 5.41) is 0. The maximum Gasteiger partial charge on any atom is 0.410 e. The second-order valence-electron chi connectivity index (χ2n) is 5.98. The molecule has 1 heterocycles. The summed E-state index contributed by atoms with van der Waals surface area (Å²) >= 11 is 0. The quantitative estimate of drug-likeness (QED) is 0.567. The summed E-state index contributed by atoms with van der Waals surface area (Å²) in [6, 6.07) is -0.292. The summed E-state index contributed by atoms with van der Waals surface area (Å²) in [5.41, 5.74) is -0.518. The molecule has 1 rings (SSSR count). The average molecular weight is 267 g/mol. The van der Waals surface area contributed by atoms with Gasteiger partial charge in [-0.05, 0) is 46.5 Å². The van der Waals surface area contributed by atoms with Crippen molar-refractivity contribution in [1.82, 2.24) is 4.90 Å². The van der Waals surface area contributed by atoms with E-state index in [0.717, 1.165) is 25.7 Å². The zero-order chi connectivity index (χ0) is 14.5. The van der Waals surface area contributed by atoms with E-state index < -0.39 is 5.60 Å². The van der Waals surface area contributed by atoms with Crippen molar-refractivity contribution in [3.8, 4) is 0 Å². The van der Waals surface area contributed by atoms with Crippen LogP contribution >= 0.6 is 0 Å². The standard InChI is InChI=1S/C15H25NO3/c1-5-6-7-10-13(17)12-9-8-11-16(12)14(18)19-15(2,3)4/h5,12H,1,6-11H2,2-4H3/t12-/m0/s1. The number of hydrogen-bond acceptors (Lipinski definition) is 3. The number of carbonyl (C=O) groups excluding carboxylic acids is 2. The van der Waals surface area contributed by atoms with E-state index in [-0.39, 0.29) is 17.9 Å². The highest BCUT2D eigenvalue weighted by atomic mass is 16.6. The molecule has 1 saturated heterocycles. The van der Waals surface area contributed by atoms with Gasteiger partial charge in [-0.2, -0.15) is 0 Å². The number of amides is 1. The van der Waals surface area contributed by atoms with Crippen molar-refractivity contribution in [3.63, 3.8) is 0 Å². The molecular formula is C15H25NO3. The van der Waals surface area contributed by atoms with Crippen LogP contribution in [0.5, 0.6) is 0 Å². The molecule has 0 aromatic heterocycles. The third-order valence-electron chi connectivity index (χ3n) is 3.08. The van der Waals surface area contributed by atoms with Crippen LogP contribution in [-0.2, 0) is 9.53 Å². The zero-order valence-corrected chi connectivity index (χ0v) is 12.3. The van der Waals surface area contributed by atoms with Crippen LogP contribution in [0.1, 0.15) is 52.9 Å². The van der Waals surface area contributed by atoms with Gasteiger partial charge in [0.2, 0.25) is 0 Å². The molecule has 1 atom stereocenters. The van der Waals surface area contributed by atoms with Crippen LogP contribution in [0.2, 0.25) is 0 Å². The van der Waals surface area contributed by atoms with E-state index in [1.807, 2.05) is 26.8 Å². The molecule has 0 spiro atoms. The molecule has 0 saturated carbocycles. The van der Waals surface area contributed by atoms with Gasteiger partial charge in [-0.3, -0.25) is 9.69 Å². The number of ether oxygens (including phenoxy) is 1. The fourth-order valence-electron chi connectivity index (χ4n) is 2.23. The van der Waals surface area contributed by atoms with E-state index in [1.165, 1.54) is 0 Å². The Bertz CT molecular complexity index is 344.